The standard InChI is InChI=1S/C26H31N5O3/c1-26(2,3)34-25(32)30-11-7-20(8-12-30)31-17-19(15-28-31)23-16-27-22-6-4-5-21(24(22)29-23)18-9-13-33-14-10-18/h4-6,9,15-17,20H,7-8,10-14H2,1-3H3. The molecule has 2 aromatic heterocycles. The number of benzene rings is 1. The molecule has 1 fully saturated rings. The van der Waals surface area contributed by atoms with Gasteiger partial charge in [-0.25, -0.2) is 9.78 Å². The van der Waals surface area contributed by atoms with Crippen molar-refractivity contribution in [2.75, 3.05) is 26.3 Å². The molecular weight excluding hydrogens is 430 g/mol. The number of aromatic nitrogens is 4. The van der Waals surface area contributed by atoms with Gasteiger partial charge < -0.3 is 14.4 Å². The number of hydrogen-bond donors (Lipinski definition) is 0. The molecule has 1 amide bonds. The van der Waals surface area contributed by atoms with Crippen molar-refractivity contribution in [2.24, 2.45) is 0 Å². The zero-order valence-corrected chi connectivity index (χ0v) is 20.0. The molecule has 34 heavy (non-hydrogen) atoms. The van der Waals surface area contributed by atoms with E-state index >= 15 is 0 Å². The molecule has 0 saturated carbocycles. The molecule has 1 aromatic carbocycles. The Morgan fingerprint density at radius 1 is 1.18 bits per heavy atom. The van der Waals surface area contributed by atoms with Crippen LogP contribution in [0.2, 0.25) is 0 Å². The van der Waals surface area contributed by atoms with Gasteiger partial charge in [-0.1, -0.05) is 18.2 Å². The molecule has 2 aliphatic rings. The Balaban J connectivity index is 1.33. The third-order valence-electron chi connectivity index (χ3n) is 6.27. The highest BCUT2D eigenvalue weighted by atomic mass is 16.6. The van der Waals surface area contributed by atoms with Crippen molar-refractivity contribution >= 4 is 22.7 Å². The van der Waals surface area contributed by atoms with Gasteiger partial charge in [0.25, 0.3) is 0 Å². The van der Waals surface area contributed by atoms with Crippen LogP contribution >= 0.6 is 0 Å². The number of carbonyl (C=O) groups is 1. The minimum Gasteiger partial charge on any atom is -0.444 e. The maximum atomic E-state index is 12.4. The molecule has 0 aliphatic carbocycles. The van der Waals surface area contributed by atoms with E-state index in [1.807, 2.05) is 56.2 Å². The van der Waals surface area contributed by atoms with Gasteiger partial charge in [-0.05, 0) is 51.7 Å². The molecule has 0 atom stereocenters. The lowest BCUT2D eigenvalue weighted by molar-refractivity contribution is 0.0185. The van der Waals surface area contributed by atoms with E-state index in [1.165, 1.54) is 5.57 Å². The fraction of sp³-hybridized carbons (Fsp3) is 0.462. The largest absolute Gasteiger partial charge is 0.444 e. The Kier molecular flexibility index (Phi) is 6.08. The third kappa shape index (κ3) is 4.82. The summed E-state index contributed by atoms with van der Waals surface area (Å²) >= 11 is 0. The number of piperidine rings is 1. The van der Waals surface area contributed by atoms with Crippen LogP contribution in [-0.4, -0.2) is 62.6 Å². The minimum atomic E-state index is -0.479. The Morgan fingerprint density at radius 2 is 2.00 bits per heavy atom. The van der Waals surface area contributed by atoms with Crippen LogP contribution in [0.25, 0.3) is 27.9 Å². The number of nitrogens with zero attached hydrogens (tertiary/aromatic N) is 5. The van der Waals surface area contributed by atoms with Crippen LogP contribution in [0.1, 0.15) is 51.6 Å². The Bertz CT molecular complexity index is 1220. The van der Waals surface area contributed by atoms with E-state index in [0.717, 1.165) is 53.7 Å². The van der Waals surface area contributed by atoms with Gasteiger partial charge in [-0.15, -0.1) is 0 Å². The zero-order chi connectivity index (χ0) is 23.7. The normalized spacial score (nSPS) is 17.6. The summed E-state index contributed by atoms with van der Waals surface area (Å²) < 4.78 is 13.0. The molecule has 1 saturated heterocycles. The first-order chi connectivity index (χ1) is 16.4. The molecule has 8 nitrogen and oxygen atoms in total. The van der Waals surface area contributed by atoms with E-state index < -0.39 is 5.60 Å². The summed E-state index contributed by atoms with van der Waals surface area (Å²) in [6, 6.07) is 6.38. The summed E-state index contributed by atoms with van der Waals surface area (Å²) in [4.78, 5) is 23.8. The monoisotopic (exact) mass is 461 g/mol. The number of likely N-dealkylation sites (tertiary alicyclic amines) is 1. The van der Waals surface area contributed by atoms with E-state index in [0.29, 0.717) is 19.7 Å². The first-order valence-electron chi connectivity index (χ1n) is 11.9. The molecule has 4 heterocycles. The smallest absolute Gasteiger partial charge is 0.410 e. The van der Waals surface area contributed by atoms with Crippen molar-refractivity contribution in [3.8, 4) is 11.3 Å². The molecule has 0 radical (unpaired) electrons. The molecule has 0 spiro atoms. The van der Waals surface area contributed by atoms with Crippen LogP contribution in [0.3, 0.4) is 0 Å². The van der Waals surface area contributed by atoms with Gasteiger partial charge in [0.2, 0.25) is 0 Å². The second kappa shape index (κ2) is 9.18. The van der Waals surface area contributed by atoms with Crippen molar-refractivity contribution in [2.45, 2.75) is 51.7 Å². The Morgan fingerprint density at radius 3 is 2.74 bits per heavy atom. The van der Waals surface area contributed by atoms with E-state index in [9.17, 15) is 4.79 Å². The highest BCUT2D eigenvalue weighted by molar-refractivity contribution is 5.90. The second-order valence-electron chi connectivity index (χ2n) is 9.89. The van der Waals surface area contributed by atoms with E-state index in [4.69, 9.17) is 14.5 Å². The molecule has 0 unspecified atom stereocenters. The zero-order valence-electron chi connectivity index (χ0n) is 20.0. The van der Waals surface area contributed by atoms with E-state index in [1.54, 1.807) is 4.90 Å². The van der Waals surface area contributed by atoms with Crippen molar-refractivity contribution in [3.63, 3.8) is 0 Å². The summed E-state index contributed by atoms with van der Waals surface area (Å²) in [5, 5.41) is 4.62. The van der Waals surface area contributed by atoms with Gasteiger partial charge in [0.05, 0.1) is 48.4 Å². The molecule has 2 aliphatic heterocycles. The topological polar surface area (TPSA) is 82.4 Å². The van der Waals surface area contributed by atoms with Crippen LogP contribution in [0.15, 0.2) is 42.9 Å². The number of ether oxygens (including phenoxy) is 2. The fourth-order valence-corrected chi connectivity index (χ4v) is 4.51. The highest BCUT2D eigenvalue weighted by Gasteiger charge is 2.28. The van der Waals surface area contributed by atoms with E-state index in [-0.39, 0.29) is 12.1 Å². The predicted octanol–water partition coefficient (Wildman–Crippen LogP) is 4.87. The molecule has 0 bridgehead atoms. The molecule has 8 heteroatoms. The quantitative estimate of drug-likeness (QED) is 0.554. The average Bonchev–Trinajstić information content (AvgIpc) is 3.33. The van der Waals surface area contributed by atoms with Crippen molar-refractivity contribution in [1.82, 2.24) is 24.6 Å². The molecule has 178 valence electrons. The van der Waals surface area contributed by atoms with Crippen molar-refractivity contribution in [1.29, 1.82) is 0 Å². The molecule has 3 aromatic rings. The first-order valence-corrected chi connectivity index (χ1v) is 11.9. The van der Waals surface area contributed by atoms with Crippen LogP contribution in [0, 0.1) is 0 Å². The van der Waals surface area contributed by atoms with Crippen molar-refractivity contribution in [3.05, 3.63) is 48.4 Å². The first kappa shape index (κ1) is 22.5. The lowest BCUT2D eigenvalue weighted by Crippen LogP contribution is -2.42. The van der Waals surface area contributed by atoms with E-state index in [2.05, 4.69) is 22.2 Å². The van der Waals surface area contributed by atoms with Gasteiger partial charge in [0.1, 0.15) is 5.60 Å². The van der Waals surface area contributed by atoms with Crippen molar-refractivity contribution < 1.29 is 14.3 Å². The highest BCUT2D eigenvalue weighted by Crippen LogP contribution is 2.30. The lowest BCUT2D eigenvalue weighted by Gasteiger charge is -2.33. The number of fused-ring (bicyclic) bond motifs is 1. The number of carbonyl (C=O) groups excluding carboxylic acids is 1. The number of hydrogen-bond acceptors (Lipinski definition) is 6. The van der Waals surface area contributed by atoms with Crippen LogP contribution in [-0.2, 0) is 9.47 Å². The third-order valence-corrected chi connectivity index (χ3v) is 6.27. The van der Waals surface area contributed by atoms with Crippen LogP contribution < -0.4 is 0 Å². The maximum Gasteiger partial charge on any atom is 0.410 e. The molecule has 0 N–H and O–H groups in total. The summed E-state index contributed by atoms with van der Waals surface area (Å²) in [5.74, 6) is 0. The number of para-hydroxylation sites is 1. The lowest BCUT2D eigenvalue weighted by atomic mass is 10.00. The summed E-state index contributed by atoms with van der Waals surface area (Å²) in [6.07, 6.45) is 10.2. The summed E-state index contributed by atoms with van der Waals surface area (Å²) in [7, 11) is 0. The molecular formula is C26H31N5O3. The van der Waals surface area contributed by atoms with Gasteiger partial charge in [-0.2, -0.15) is 5.10 Å². The number of rotatable bonds is 3. The van der Waals surface area contributed by atoms with Gasteiger partial charge in [-0.3, -0.25) is 9.67 Å². The molecule has 5 rings (SSSR count). The number of amides is 1. The van der Waals surface area contributed by atoms with Crippen LogP contribution in [0.4, 0.5) is 4.79 Å². The van der Waals surface area contributed by atoms with Gasteiger partial charge >= 0.3 is 6.09 Å². The summed E-state index contributed by atoms with van der Waals surface area (Å²) in [5.41, 5.74) is 5.45. The maximum absolute atomic E-state index is 12.4. The minimum absolute atomic E-state index is 0.240. The van der Waals surface area contributed by atoms with Crippen LogP contribution in [0.5, 0.6) is 0 Å². The SMILES string of the molecule is CC(C)(C)OC(=O)N1CCC(n2cc(-c3cnc4cccc(C5=CCOCC5)c4n3)cn2)CC1. The summed E-state index contributed by atoms with van der Waals surface area (Å²) in [6.45, 7) is 8.36. The second-order valence-corrected chi connectivity index (χ2v) is 9.89. The fourth-order valence-electron chi connectivity index (χ4n) is 4.51. The Labute approximate surface area is 199 Å². The Hall–Kier alpha value is -3.26. The van der Waals surface area contributed by atoms with Gasteiger partial charge in [0, 0.05) is 30.4 Å². The predicted molar refractivity (Wildman–Crippen MR) is 130 cm³/mol. The van der Waals surface area contributed by atoms with Gasteiger partial charge in [0.15, 0.2) is 0 Å². The average molecular weight is 462 g/mol.